The van der Waals surface area contributed by atoms with E-state index in [0.717, 1.165) is 19.4 Å². The van der Waals surface area contributed by atoms with Gasteiger partial charge < -0.3 is 48.1 Å². The smallest absolute Gasteiger partial charge is 0.331 e. The van der Waals surface area contributed by atoms with Gasteiger partial charge in [-0.25, -0.2) is 4.79 Å². The minimum atomic E-state index is -1.79. The molecule has 0 amide bonds. The highest BCUT2D eigenvalue weighted by Crippen LogP contribution is 2.71. The van der Waals surface area contributed by atoms with E-state index in [2.05, 4.69) is 0 Å². The summed E-state index contributed by atoms with van der Waals surface area (Å²) >= 11 is 0. The molecule has 0 unspecified atom stereocenters. The van der Waals surface area contributed by atoms with Gasteiger partial charge in [0.1, 0.15) is 18.1 Å². The van der Waals surface area contributed by atoms with Crippen LogP contribution < -0.4 is 0 Å². The van der Waals surface area contributed by atoms with E-state index < -0.39 is 113 Å². The zero-order valence-corrected chi connectivity index (χ0v) is 31.8. The molecule has 300 valence electrons. The highest BCUT2D eigenvalue weighted by molar-refractivity contribution is 5.85. The summed E-state index contributed by atoms with van der Waals surface area (Å²) in [5.41, 5.74) is -4.86. The Labute approximate surface area is 313 Å². The molecular weight excluding hydrogens is 712 g/mol. The fraction of sp³-hybridized carbons (Fsp3) is 0.789. The molecule has 0 radical (unpaired) electrons. The topological polar surface area (TPSA) is 217 Å². The van der Waals surface area contributed by atoms with Crippen LogP contribution in [0.5, 0.6) is 0 Å². The van der Waals surface area contributed by atoms with Gasteiger partial charge in [0.25, 0.3) is 0 Å². The van der Waals surface area contributed by atoms with E-state index in [0.29, 0.717) is 12.8 Å². The number of carbonyl (C=O) groups is 6. The van der Waals surface area contributed by atoms with Crippen LogP contribution in [0.2, 0.25) is 0 Å². The van der Waals surface area contributed by atoms with E-state index in [4.69, 9.17) is 37.9 Å². The molecule has 0 aromatic carbocycles. The van der Waals surface area contributed by atoms with Crippen molar-refractivity contribution in [2.75, 3.05) is 13.7 Å². The SMILES string of the molecule is COC(=O)[C@]12CC[C@H](O[C@@H]3O[C@@H](C)[C@@H](OC(C)=O)[C@@H](OC(C)=O)[C@H]3OC(C)=O)C[C@@]1(O)CC[C@@H]1[C@@H]2[C@H](OC(C)=O)C[C@]2(C)[C@@H](C3=CC(=O)OC3)CC[C@]12O. The first-order valence-electron chi connectivity index (χ1n) is 18.7. The molecule has 2 heterocycles. The van der Waals surface area contributed by atoms with Crippen LogP contribution in [0, 0.1) is 28.6 Å². The Bertz CT molecular complexity index is 1590. The third-order valence-electron chi connectivity index (χ3n) is 13.3. The molecule has 14 atom stereocenters. The van der Waals surface area contributed by atoms with E-state index in [1.807, 2.05) is 6.92 Å². The van der Waals surface area contributed by atoms with Crippen molar-refractivity contribution >= 4 is 35.8 Å². The van der Waals surface area contributed by atoms with Crippen molar-refractivity contribution in [2.45, 2.75) is 147 Å². The largest absolute Gasteiger partial charge is 0.468 e. The number of rotatable bonds is 8. The fourth-order valence-electron chi connectivity index (χ4n) is 11.4. The maximum Gasteiger partial charge on any atom is 0.331 e. The molecule has 5 fully saturated rings. The van der Waals surface area contributed by atoms with Crippen molar-refractivity contribution in [3.05, 3.63) is 11.6 Å². The molecule has 0 aromatic heterocycles. The van der Waals surface area contributed by atoms with Gasteiger partial charge in [0.15, 0.2) is 24.6 Å². The molecule has 4 aliphatic carbocycles. The molecule has 54 heavy (non-hydrogen) atoms. The zero-order chi connectivity index (χ0) is 39.5. The van der Waals surface area contributed by atoms with Crippen molar-refractivity contribution in [3.8, 4) is 0 Å². The van der Waals surface area contributed by atoms with Crippen LogP contribution in [0.1, 0.15) is 92.9 Å². The standard InChI is InChI=1S/C38H52O16/c1-18-30(51-20(3)40)31(52-21(4)41)32(53-22(5)42)33(49-18)54-24-8-12-37(34(44)47-7)29-26(9-11-36(37,45)15-24)38(46)13-10-25(23-14-28(43)48-17-23)35(38,6)16-27(29)50-19(2)39/h14,18,24-27,29-33,45-46H,8-13,15-17H2,1-7H3/t18-,24-,25+,26+,27+,29+,30+,31+,32+,33-,35+,36-,37+,38-/m0/s1. The van der Waals surface area contributed by atoms with E-state index >= 15 is 0 Å². The van der Waals surface area contributed by atoms with Gasteiger partial charge in [-0.05, 0) is 69.3 Å². The number of cyclic esters (lactones) is 1. The summed E-state index contributed by atoms with van der Waals surface area (Å²) < 4.78 is 45.8. The van der Waals surface area contributed by atoms with E-state index in [1.165, 1.54) is 27.0 Å². The highest BCUT2D eigenvalue weighted by Gasteiger charge is 2.77. The van der Waals surface area contributed by atoms with Crippen molar-refractivity contribution in [1.82, 2.24) is 0 Å². The predicted octanol–water partition coefficient (Wildman–Crippen LogP) is 1.98. The van der Waals surface area contributed by atoms with Gasteiger partial charge in [-0.2, -0.15) is 0 Å². The Morgan fingerprint density at radius 3 is 2.04 bits per heavy atom. The van der Waals surface area contributed by atoms with Gasteiger partial charge in [-0.1, -0.05) is 6.92 Å². The first-order valence-corrected chi connectivity index (χ1v) is 18.7. The van der Waals surface area contributed by atoms with Gasteiger partial charge in [0.05, 0.1) is 30.5 Å². The molecule has 16 nitrogen and oxygen atoms in total. The number of methoxy groups -OCH3 is 1. The molecule has 4 saturated carbocycles. The van der Waals surface area contributed by atoms with Gasteiger partial charge in [-0.3, -0.25) is 24.0 Å². The predicted molar refractivity (Wildman–Crippen MR) is 180 cm³/mol. The Balaban J connectivity index is 1.34. The van der Waals surface area contributed by atoms with Crippen LogP contribution in [0.15, 0.2) is 11.6 Å². The lowest BCUT2D eigenvalue weighted by Crippen LogP contribution is -2.74. The number of esters is 6. The zero-order valence-electron chi connectivity index (χ0n) is 31.8. The number of hydrogen-bond donors (Lipinski definition) is 2. The summed E-state index contributed by atoms with van der Waals surface area (Å²) in [7, 11) is 1.23. The summed E-state index contributed by atoms with van der Waals surface area (Å²) in [6.45, 7) is 8.41. The van der Waals surface area contributed by atoms with Crippen LogP contribution in [-0.4, -0.2) is 114 Å². The number of fused-ring (bicyclic) bond motifs is 5. The Kier molecular flexibility index (Phi) is 10.7. The van der Waals surface area contributed by atoms with Crippen molar-refractivity contribution < 1.29 is 76.9 Å². The van der Waals surface area contributed by atoms with Crippen molar-refractivity contribution in [3.63, 3.8) is 0 Å². The second-order valence-electron chi connectivity index (χ2n) is 16.2. The van der Waals surface area contributed by atoms with E-state index in [1.54, 1.807) is 6.92 Å². The van der Waals surface area contributed by atoms with Crippen molar-refractivity contribution in [2.24, 2.45) is 28.6 Å². The number of ether oxygens (including phenoxy) is 8. The number of aliphatic hydroxyl groups is 2. The summed E-state index contributed by atoms with van der Waals surface area (Å²) in [5.74, 6) is -5.56. The van der Waals surface area contributed by atoms with E-state index in [9.17, 15) is 39.0 Å². The first-order chi connectivity index (χ1) is 25.3. The summed E-state index contributed by atoms with van der Waals surface area (Å²) in [6, 6.07) is 0. The first kappa shape index (κ1) is 40.1. The molecule has 0 spiro atoms. The normalized spacial score (nSPS) is 43.9. The monoisotopic (exact) mass is 764 g/mol. The van der Waals surface area contributed by atoms with Gasteiger partial charge in [-0.15, -0.1) is 0 Å². The average Bonchev–Trinajstić information content (AvgIpc) is 3.62. The molecule has 0 aromatic rings. The Morgan fingerprint density at radius 1 is 0.815 bits per heavy atom. The maximum absolute atomic E-state index is 14.3. The maximum atomic E-state index is 14.3. The van der Waals surface area contributed by atoms with Gasteiger partial charge in [0, 0.05) is 51.5 Å². The number of carbonyl (C=O) groups excluding carboxylic acids is 6. The lowest BCUT2D eigenvalue weighted by atomic mass is 9.40. The van der Waals surface area contributed by atoms with Crippen LogP contribution in [-0.2, 0) is 66.7 Å². The minimum Gasteiger partial charge on any atom is -0.468 e. The third kappa shape index (κ3) is 6.49. The van der Waals surface area contributed by atoms with Crippen LogP contribution in [0.4, 0.5) is 0 Å². The second kappa shape index (κ2) is 14.5. The molecular formula is C38H52O16. The molecule has 16 heteroatoms. The minimum absolute atomic E-state index is 0.00738. The van der Waals surface area contributed by atoms with Crippen LogP contribution in [0.25, 0.3) is 0 Å². The van der Waals surface area contributed by atoms with Crippen LogP contribution >= 0.6 is 0 Å². The molecule has 6 aliphatic rings. The molecule has 1 saturated heterocycles. The quantitative estimate of drug-likeness (QED) is 0.205. The molecule has 6 rings (SSSR count). The van der Waals surface area contributed by atoms with Gasteiger partial charge >= 0.3 is 35.8 Å². The summed E-state index contributed by atoms with van der Waals surface area (Å²) in [5, 5.41) is 25.7. The molecule has 2 aliphatic heterocycles. The second-order valence-corrected chi connectivity index (χ2v) is 16.2. The van der Waals surface area contributed by atoms with Crippen LogP contribution in [0.3, 0.4) is 0 Å². The lowest BCUT2D eigenvalue weighted by Gasteiger charge is -2.66. The average molecular weight is 765 g/mol. The third-order valence-corrected chi connectivity index (χ3v) is 13.3. The van der Waals surface area contributed by atoms with E-state index in [-0.39, 0.29) is 51.0 Å². The fourth-order valence-corrected chi connectivity index (χ4v) is 11.4. The Morgan fingerprint density at radius 2 is 1.44 bits per heavy atom. The lowest BCUT2D eigenvalue weighted by molar-refractivity contribution is -0.326. The molecule has 2 N–H and O–H groups in total. The summed E-state index contributed by atoms with van der Waals surface area (Å²) in [6.07, 6.45) is -4.79. The summed E-state index contributed by atoms with van der Waals surface area (Å²) in [4.78, 5) is 75.6. The van der Waals surface area contributed by atoms with Gasteiger partial charge in [0.2, 0.25) is 0 Å². The van der Waals surface area contributed by atoms with Crippen molar-refractivity contribution in [1.29, 1.82) is 0 Å². The number of hydrogen-bond acceptors (Lipinski definition) is 16. The highest BCUT2D eigenvalue weighted by atomic mass is 16.7. The molecule has 0 bridgehead atoms. The Hall–Kier alpha value is -3.60.